The van der Waals surface area contributed by atoms with Crippen molar-refractivity contribution in [1.82, 2.24) is 15.5 Å². The Bertz CT molecular complexity index is 317. The first kappa shape index (κ1) is 10.7. The first-order chi connectivity index (χ1) is 7.25. The van der Waals surface area contributed by atoms with Crippen molar-refractivity contribution in [1.29, 1.82) is 0 Å². The average Bonchev–Trinajstić information content (AvgIpc) is 2.74. The summed E-state index contributed by atoms with van der Waals surface area (Å²) in [5.74, 6) is -0.0504. The maximum absolute atomic E-state index is 11.7. The maximum Gasteiger partial charge on any atom is 0.269 e. The van der Waals surface area contributed by atoms with E-state index in [0.717, 1.165) is 25.7 Å². The molecule has 4 nitrogen and oxygen atoms in total. The lowest BCUT2D eigenvalue weighted by Gasteiger charge is -2.25. The lowest BCUT2D eigenvalue weighted by atomic mass is 9.95. The number of hydrogen-bond acceptors (Lipinski definition) is 2. The molecule has 0 saturated heterocycles. The highest BCUT2D eigenvalue weighted by molar-refractivity contribution is 9.09. The van der Waals surface area contributed by atoms with Gasteiger partial charge in [-0.2, -0.15) is 5.10 Å². The summed E-state index contributed by atoms with van der Waals surface area (Å²) in [6.45, 7) is 0. The van der Waals surface area contributed by atoms with Crippen molar-refractivity contribution in [3.8, 4) is 0 Å². The van der Waals surface area contributed by atoms with Crippen LogP contribution in [0.5, 0.6) is 0 Å². The zero-order chi connectivity index (χ0) is 10.7. The predicted octanol–water partition coefficient (Wildman–Crippen LogP) is 1.85. The molecule has 0 unspecified atom stereocenters. The van der Waals surface area contributed by atoms with Crippen LogP contribution in [0, 0.1) is 0 Å². The largest absolute Gasteiger partial charge is 0.348 e. The van der Waals surface area contributed by atoms with Crippen LogP contribution in [-0.4, -0.2) is 27.0 Å². The van der Waals surface area contributed by atoms with E-state index in [4.69, 9.17) is 0 Å². The minimum Gasteiger partial charge on any atom is -0.348 e. The average molecular weight is 272 g/mol. The Morgan fingerprint density at radius 3 is 2.80 bits per heavy atom. The zero-order valence-electron chi connectivity index (χ0n) is 8.37. The van der Waals surface area contributed by atoms with Gasteiger partial charge in [-0.25, -0.2) is 0 Å². The Balaban J connectivity index is 1.85. The molecule has 0 spiro atoms. The molecular formula is C10H14BrN3O. The van der Waals surface area contributed by atoms with E-state index in [1.54, 1.807) is 12.3 Å². The number of aromatic nitrogens is 2. The van der Waals surface area contributed by atoms with Crippen molar-refractivity contribution in [2.75, 3.05) is 0 Å². The van der Waals surface area contributed by atoms with Gasteiger partial charge < -0.3 is 5.32 Å². The van der Waals surface area contributed by atoms with Crippen LogP contribution in [0.3, 0.4) is 0 Å². The van der Waals surface area contributed by atoms with Crippen LogP contribution in [0.4, 0.5) is 0 Å². The molecule has 2 rings (SSSR count). The van der Waals surface area contributed by atoms with E-state index in [-0.39, 0.29) is 5.91 Å². The predicted molar refractivity (Wildman–Crippen MR) is 61.0 cm³/mol. The topological polar surface area (TPSA) is 57.8 Å². The standard InChI is InChI=1S/C10H14BrN3O/c11-7-1-3-8(4-2-7)13-10(15)9-5-6-12-14-9/h5-8H,1-4H2,(H,12,14)(H,13,15). The Morgan fingerprint density at radius 2 is 2.20 bits per heavy atom. The highest BCUT2D eigenvalue weighted by Crippen LogP contribution is 2.24. The SMILES string of the molecule is O=C(NC1CCC(Br)CC1)c1ccn[nH]1. The highest BCUT2D eigenvalue weighted by atomic mass is 79.9. The van der Waals surface area contributed by atoms with E-state index >= 15 is 0 Å². The minimum absolute atomic E-state index is 0.0504. The maximum atomic E-state index is 11.7. The fourth-order valence-corrected chi connectivity index (χ4v) is 2.37. The van der Waals surface area contributed by atoms with Crippen molar-refractivity contribution in [3.63, 3.8) is 0 Å². The fraction of sp³-hybridized carbons (Fsp3) is 0.600. The van der Waals surface area contributed by atoms with Gasteiger partial charge in [-0.05, 0) is 31.7 Å². The van der Waals surface area contributed by atoms with Gasteiger partial charge in [0.15, 0.2) is 0 Å². The van der Waals surface area contributed by atoms with Crippen LogP contribution in [-0.2, 0) is 0 Å². The zero-order valence-corrected chi connectivity index (χ0v) is 9.96. The van der Waals surface area contributed by atoms with E-state index in [9.17, 15) is 4.79 Å². The molecule has 1 amide bonds. The summed E-state index contributed by atoms with van der Waals surface area (Å²) in [5, 5.41) is 9.43. The number of halogens is 1. The van der Waals surface area contributed by atoms with Gasteiger partial charge in [0.2, 0.25) is 0 Å². The van der Waals surface area contributed by atoms with Gasteiger partial charge >= 0.3 is 0 Å². The number of carbonyl (C=O) groups excluding carboxylic acids is 1. The van der Waals surface area contributed by atoms with Crippen LogP contribution in [0.1, 0.15) is 36.2 Å². The quantitative estimate of drug-likeness (QED) is 0.807. The van der Waals surface area contributed by atoms with Gasteiger partial charge in [0.1, 0.15) is 5.69 Å². The second-order valence-electron chi connectivity index (χ2n) is 3.89. The summed E-state index contributed by atoms with van der Waals surface area (Å²) >= 11 is 3.59. The van der Waals surface area contributed by atoms with Gasteiger partial charge in [0, 0.05) is 17.1 Å². The molecule has 1 saturated carbocycles. The summed E-state index contributed by atoms with van der Waals surface area (Å²) in [7, 11) is 0. The van der Waals surface area contributed by atoms with Crippen LogP contribution < -0.4 is 5.32 Å². The number of carbonyl (C=O) groups is 1. The molecule has 1 aliphatic rings. The van der Waals surface area contributed by atoms with Crippen molar-refractivity contribution in [3.05, 3.63) is 18.0 Å². The molecule has 1 aliphatic carbocycles. The minimum atomic E-state index is -0.0504. The number of nitrogens with zero attached hydrogens (tertiary/aromatic N) is 1. The third kappa shape index (κ3) is 2.81. The number of hydrogen-bond donors (Lipinski definition) is 2. The fourth-order valence-electron chi connectivity index (χ4n) is 1.84. The van der Waals surface area contributed by atoms with E-state index in [2.05, 4.69) is 31.4 Å². The van der Waals surface area contributed by atoms with Crippen LogP contribution in [0.2, 0.25) is 0 Å². The number of amides is 1. The molecule has 0 aromatic carbocycles. The number of alkyl halides is 1. The summed E-state index contributed by atoms with van der Waals surface area (Å²) in [6.07, 6.45) is 5.96. The Morgan fingerprint density at radius 1 is 1.47 bits per heavy atom. The molecule has 2 N–H and O–H groups in total. The molecule has 5 heteroatoms. The molecule has 15 heavy (non-hydrogen) atoms. The molecule has 1 aromatic rings. The molecule has 0 radical (unpaired) electrons. The number of nitrogens with one attached hydrogen (secondary N) is 2. The summed E-state index contributed by atoms with van der Waals surface area (Å²) < 4.78 is 0. The Hall–Kier alpha value is -0.840. The van der Waals surface area contributed by atoms with Gasteiger partial charge in [-0.15, -0.1) is 0 Å². The molecule has 0 bridgehead atoms. The van der Waals surface area contributed by atoms with Crippen LogP contribution >= 0.6 is 15.9 Å². The van der Waals surface area contributed by atoms with Crippen LogP contribution in [0.25, 0.3) is 0 Å². The van der Waals surface area contributed by atoms with E-state index in [0.29, 0.717) is 16.6 Å². The number of H-pyrrole nitrogens is 1. The normalized spacial score (nSPS) is 26.2. The van der Waals surface area contributed by atoms with Gasteiger partial charge in [0.25, 0.3) is 5.91 Å². The molecular weight excluding hydrogens is 258 g/mol. The van der Waals surface area contributed by atoms with Crippen molar-refractivity contribution in [2.45, 2.75) is 36.6 Å². The second kappa shape index (κ2) is 4.79. The van der Waals surface area contributed by atoms with Crippen molar-refractivity contribution >= 4 is 21.8 Å². The van der Waals surface area contributed by atoms with E-state index in [1.807, 2.05) is 0 Å². The Labute approximate surface area is 97.0 Å². The monoisotopic (exact) mass is 271 g/mol. The molecule has 1 heterocycles. The first-order valence-corrected chi connectivity index (χ1v) is 6.11. The van der Waals surface area contributed by atoms with E-state index in [1.165, 1.54) is 0 Å². The molecule has 0 aliphatic heterocycles. The second-order valence-corrected chi connectivity index (χ2v) is 5.19. The number of rotatable bonds is 2. The lowest BCUT2D eigenvalue weighted by Crippen LogP contribution is -2.37. The first-order valence-electron chi connectivity index (χ1n) is 5.20. The van der Waals surface area contributed by atoms with Crippen molar-refractivity contribution in [2.24, 2.45) is 0 Å². The van der Waals surface area contributed by atoms with Crippen molar-refractivity contribution < 1.29 is 4.79 Å². The molecule has 1 aromatic heterocycles. The van der Waals surface area contributed by atoms with E-state index < -0.39 is 0 Å². The number of aromatic amines is 1. The highest BCUT2D eigenvalue weighted by Gasteiger charge is 2.21. The van der Waals surface area contributed by atoms with Crippen LogP contribution in [0.15, 0.2) is 12.3 Å². The molecule has 0 atom stereocenters. The van der Waals surface area contributed by atoms with Gasteiger partial charge in [0.05, 0.1) is 0 Å². The summed E-state index contributed by atoms with van der Waals surface area (Å²) in [4.78, 5) is 12.3. The third-order valence-electron chi connectivity index (χ3n) is 2.74. The summed E-state index contributed by atoms with van der Waals surface area (Å²) in [5.41, 5.74) is 0.538. The smallest absolute Gasteiger partial charge is 0.269 e. The third-order valence-corrected chi connectivity index (χ3v) is 3.65. The molecule has 1 fully saturated rings. The van der Waals surface area contributed by atoms with Gasteiger partial charge in [-0.1, -0.05) is 15.9 Å². The Kier molecular flexibility index (Phi) is 3.41. The molecule has 82 valence electrons. The summed E-state index contributed by atoms with van der Waals surface area (Å²) in [6, 6.07) is 2.00. The lowest BCUT2D eigenvalue weighted by molar-refractivity contribution is 0.0923. The van der Waals surface area contributed by atoms with Gasteiger partial charge in [-0.3, -0.25) is 9.89 Å².